The van der Waals surface area contributed by atoms with Crippen LogP contribution in [0, 0.1) is 5.82 Å². The van der Waals surface area contributed by atoms with Crippen LogP contribution in [0.3, 0.4) is 0 Å². The predicted octanol–water partition coefficient (Wildman–Crippen LogP) is 6.07. The molecule has 5 aromatic rings. The highest BCUT2D eigenvalue weighted by atomic mass is 19.1. The Bertz CT molecular complexity index is 1590. The van der Waals surface area contributed by atoms with E-state index < -0.39 is 0 Å². The van der Waals surface area contributed by atoms with Gasteiger partial charge in [-0.1, -0.05) is 12.1 Å². The molecule has 1 aliphatic heterocycles. The lowest BCUT2D eigenvalue weighted by molar-refractivity contribution is 0.115. The van der Waals surface area contributed by atoms with Crippen LogP contribution in [0.2, 0.25) is 0 Å². The number of methoxy groups -OCH3 is 1. The van der Waals surface area contributed by atoms with Gasteiger partial charge in [-0.2, -0.15) is 0 Å². The number of ether oxygens (including phenoxy) is 2. The van der Waals surface area contributed by atoms with Crippen LogP contribution in [0.1, 0.15) is 24.0 Å². The lowest BCUT2D eigenvalue weighted by Crippen LogP contribution is -2.35. The molecule has 0 amide bonds. The van der Waals surface area contributed by atoms with E-state index in [9.17, 15) is 4.39 Å². The van der Waals surface area contributed by atoms with Crippen molar-refractivity contribution in [2.24, 2.45) is 0 Å². The molecular formula is C30H30FN5O2. The zero-order valence-electron chi connectivity index (χ0n) is 21.5. The zero-order valence-corrected chi connectivity index (χ0v) is 21.5. The molecule has 0 saturated carbocycles. The molecule has 0 spiro atoms. The molecule has 3 heterocycles. The van der Waals surface area contributed by atoms with E-state index >= 15 is 0 Å². The molecule has 7 nitrogen and oxygen atoms in total. The Morgan fingerprint density at radius 1 is 1.08 bits per heavy atom. The lowest BCUT2D eigenvalue weighted by Gasteiger charge is -2.29. The average Bonchev–Trinajstić information content (AvgIpc) is 3.31. The average molecular weight is 512 g/mol. The molecule has 1 saturated heterocycles. The summed E-state index contributed by atoms with van der Waals surface area (Å²) in [6.45, 7) is 2.01. The fraction of sp³-hybridized carbons (Fsp3) is 0.267. The van der Waals surface area contributed by atoms with Crippen molar-refractivity contribution in [3.8, 4) is 11.5 Å². The number of aromatic nitrogens is 3. The molecule has 0 bridgehead atoms. The highest BCUT2D eigenvalue weighted by molar-refractivity contribution is 5.97. The molecule has 1 fully saturated rings. The summed E-state index contributed by atoms with van der Waals surface area (Å²) in [5.41, 5.74) is 4.68. The first-order valence-corrected chi connectivity index (χ1v) is 12.8. The van der Waals surface area contributed by atoms with Gasteiger partial charge in [-0.15, -0.1) is 0 Å². The SMILES string of the molecule is COc1cc(OC2CCN(C)CC2)c2c(Nc3ccc4[nH]cc(Cc5cccc(F)c5)c4c3)ncnc2c1. The number of nitrogens with one attached hydrogen (secondary N) is 2. The Labute approximate surface area is 220 Å². The number of nitrogens with zero attached hydrogens (tertiary/aromatic N) is 3. The van der Waals surface area contributed by atoms with Gasteiger partial charge in [-0.25, -0.2) is 14.4 Å². The maximum atomic E-state index is 13.7. The van der Waals surface area contributed by atoms with Crippen molar-refractivity contribution < 1.29 is 13.9 Å². The second kappa shape index (κ2) is 10.3. The normalized spacial score (nSPS) is 14.7. The van der Waals surface area contributed by atoms with Gasteiger partial charge in [0, 0.05) is 48.0 Å². The number of piperidine rings is 1. The number of rotatable bonds is 7. The molecule has 1 aliphatic rings. The van der Waals surface area contributed by atoms with Crippen molar-refractivity contribution in [2.45, 2.75) is 25.4 Å². The molecule has 3 aromatic carbocycles. The molecule has 0 unspecified atom stereocenters. The summed E-state index contributed by atoms with van der Waals surface area (Å²) in [6, 6.07) is 16.7. The Morgan fingerprint density at radius 3 is 2.76 bits per heavy atom. The quantitative estimate of drug-likeness (QED) is 0.276. The number of hydrogen-bond donors (Lipinski definition) is 2. The van der Waals surface area contributed by atoms with Gasteiger partial charge in [-0.3, -0.25) is 0 Å². The molecular weight excluding hydrogens is 481 g/mol. The number of anilines is 2. The van der Waals surface area contributed by atoms with Crippen LogP contribution < -0.4 is 14.8 Å². The standard InChI is InChI=1S/C30H30FN5O2/c1-36-10-8-23(9-11-36)38-28-16-24(37-2)15-27-29(28)30(34-18-33-27)35-22-6-7-26-25(14-22)20(17-32-26)12-19-4-3-5-21(31)13-19/h3-7,13-18,23,32H,8-12H2,1-2H3,(H,33,34,35). The fourth-order valence-corrected chi connectivity index (χ4v) is 5.12. The summed E-state index contributed by atoms with van der Waals surface area (Å²) in [6.07, 6.45) is 6.21. The minimum absolute atomic E-state index is 0.121. The third kappa shape index (κ3) is 4.99. The van der Waals surface area contributed by atoms with Crippen LogP contribution in [0.25, 0.3) is 21.8 Å². The molecule has 0 radical (unpaired) electrons. The van der Waals surface area contributed by atoms with Crippen molar-refractivity contribution in [1.29, 1.82) is 0 Å². The van der Waals surface area contributed by atoms with E-state index in [-0.39, 0.29) is 11.9 Å². The summed E-state index contributed by atoms with van der Waals surface area (Å²) in [7, 11) is 3.78. The van der Waals surface area contributed by atoms with Gasteiger partial charge < -0.3 is 24.7 Å². The molecule has 6 rings (SSSR count). The van der Waals surface area contributed by atoms with Crippen molar-refractivity contribution >= 4 is 33.3 Å². The molecule has 0 atom stereocenters. The van der Waals surface area contributed by atoms with Crippen LogP contribution in [0.15, 0.2) is 67.1 Å². The first-order chi connectivity index (χ1) is 18.6. The predicted molar refractivity (Wildman–Crippen MR) is 148 cm³/mol. The Kier molecular flexibility index (Phi) is 6.55. The number of aromatic amines is 1. The number of fused-ring (bicyclic) bond motifs is 2. The Hall–Kier alpha value is -4.17. The molecule has 2 aromatic heterocycles. The number of hydrogen-bond acceptors (Lipinski definition) is 6. The minimum Gasteiger partial charge on any atom is -0.497 e. The van der Waals surface area contributed by atoms with E-state index in [4.69, 9.17) is 9.47 Å². The molecule has 38 heavy (non-hydrogen) atoms. The van der Waals surface area contributed by atoms with Crippen LogP contribution in [0.5, 0.6) is 11.5 Å². The summed E-state index contributed by atoms with van der Waals surface area (Å²) >= 11 is 0. The zero-order chi connectivity index (χ0) is 26.1. The molecule has 0 aliphatic carbocycles. The van der Waals surface area contributed by atoms with Crippen molar-refractivity contribution in [1.82, 2.24) is 19.9 Å². The topological polar surface area (TPSA) is 75.3 Å². The van der Waals surface area contributed by atoms with E-state index in [1.165, 1.54) is 6.07 Å². The van der Waals surface area contributed by atoms with Crippen LogP contribution >= 0.6 is 0 Å². The number of halogens is 1. The van der Waals surface area contributed by atoms with Crippen LogP contribution in [0.4, 0.5) is 15.9 Å². The van der Waals surface area contributed by atoms with Gasteiger partial charge in [-0.05, 0) is 67.8 Å². The van der Waals surface area contributed by atoms with Gasteiger partial charge in [0.1, 0.15) is 35.6 Å². The Balaban J connectivity index is 1.34. The maximum Gasteiger partial charge on any atom is 0.145 e. The third-order valence-electron chi connectivity index (χ3n) is 7.18. The second-order valence-corrected chi connectivity index (χ2v) is 9.87. The van der Waals surface area contributed by atoms with E-state index in [1.54, 1.807) is 25.6 Å². The van der Waals surface area contributed by atoms with Gasteiger partial charge in [0.15, 0.2) is 0 Å². The van der Waals surface area contributed by atoms with Gasteiger partial charge in [0.25, 0.3) is 0 Å². The van der Waals surface area contributed by atoms with Gasteiger partial charge in [0.05, 0.1) is 18.0 Å². The van der Waals surface area contributed by atoms with Crippen LogP contribution in [-0.2, 0) is 6.42 Å². The van der Waals surface area contributed by atoms with E-state index in [0.29, 0.717) is 23.7 Å². The summed E-state index contributed by atoms with van der Waals surface area (Å²) in [5, 5.41) is 5.39. The lowest BCUT2D eigenvalue weighted by atomic mass is 10.0. The third-order valence-corrected chi connectivity index (χ3v) is 7.18. The first-order valence-electron chi connectivity index (χ1n) is 12.8. The highest BCUT2D eigenvalue weighted by Gasteiger charge is 2.21. The second-order valence-electron chi connectivity index (χ2n) is 9.87. The van der Waals surface area contributed by atoms with Gasteiger partial charge in [0.2, 0.25) is 0 Å². The fourth-order valence-electron chi connectivity index (χ4n) is 5.12. The van der Waals surface area contributed by atoms with Crippen molar-refractivity contribution in [3.05, 3.63) is 84.1 Å². The van der Waals surface area contributed by atoms with E-state index in [0.717, 1.165) is 64.6 Å². The van der Waals surface area contributed by atoms with E-state index in [1.807, 2.05) is 36.5 Å². The highest BCUT2D eigenvalue weighted by Crippen LogP contribution is 2.37. The molecule has 8 heteroatoms. The van der Waals surface area contributed by atoms with Gasteiger partial charge >= 0.3 is 0 Å². The van der Waals surface area contributed by atoms with Crippen molar-refractivity contribution in [3.63, 3.8) is 0 Å². The monoisotopic (exact) mass is 511 g/mol. The Morgan fingerprint density at radius 2 is 1.95 bits per heavy atom. The summed E-state index contributed by atoms with van der Waals surface area (Å²) < 4.78 is 25.8. The first kappa shape index (κ1) is 24.2. The molecule has 2 N–H and O–H groups in total. The summed E-state index contributed by atoms with van der Waals surface area (Å²) in [4.78, 5) is 14.8. The smallest absolute Gasteiger partial charge is 0.145 e. The van der Waals surface area contributed by atoms with Crippen LogP contribution in [-0.4, -0.2) is 53.2 Å². The molecule has 194 valence electrons. The van der Waals surface area contributed by atoms with E-state index in [2.05, 4.69) is 38.3 Å². The largest absolute Gasteiger partial charge is 0.497 e. The number of likely N-dealkylation sites (tertiary alicyclic amines) is 1. The summed E-state index contributed by atoms with van der Waals surface area (Å²) in [5.74, 6) is 1.85. The number of H-pyrrole nitrogens is 1. The van der Waals surface area contributed by atoms with Crippen molar-refractivity contribution in [2.75, 3.05) is 32.6 Å². The minimum atomic E-state index is -0.227. The maximum absolute atomic E-state index is 13.7. The number of benzene rings is 3.